The molecule has 7 rings (SSSR count). The summed E-state index contributed by atoms with van der Waals surface area (Å²) in [6.45, 7) is 9.95. The molecular formula is C37H37N4+. The molecule has 0 aliphatic carbocycles. The van der Waals surface area contributed by atoms with Crippen LogP contribution in [0, 0.1) is 6.92 Å². The van der Waals surface area contributed by atoms with Gasteiger partial charge in [0.25, 0.3) is 5.82 Å². The van der Waals surface area contributed by atoms with Crippen molar-refractivity contribution < 1.29 is 7.31 Å². The van der Waals surface area contributed by atoms with Gasteiger partial charge in [0.15, 0.2) is 11.0 Å². The summed E-state index contributed by atoms with van der Waals surface area (Å²) >= 11 is 0. The quantitative estimate of drug-likeness (QED) is 0.201. The zero-order valence-electron chi connectivity index (χ0n) is 26.7. The predicted octanol–water partition coefficient (Wildman–Crippen LogP) is 8.72. The van der Waals surface area contributed by atoms with E-state index in [9.17, 15) is 2.74 Å². The third kappa shape index (κ3) is 3.88. The Morgan fingerprint density at radius 2 is 1.51 bits per heavy atom. The number of imidazole rings is 2. The molecule has 0 fully saturated rings. The van der Waals surface area contributed by atoms with Crippen molar-refractivity contribution in [3.63, 3.8) is 0 Å². The van der Waals surface area contributed by atoms with Crippen LogP contribution in [0.1, 0.15) is 64.7 Å². The van der Waals surface area contributed by atoms with Crippen LogP contribution in [0.25, 0.3) is 56.5 Å². The van der Waals surface area contributed by atoms with Gasteiger partial charge in [-0.05, 0) is 65.7 Å². The van der Waals surface area contributed by atoms with E-state index in [0.29, 0.717) is 0 Å². The molecule has 4 aromatic carbocycles. The molecule has 4 nitrogen and oxygen atoms in total. The van der Waals surface area contributed by atoms with Gasteiger partial charge in [-0.1, -0.05) is 82.3 Å². The van der Waals surface area contributed by atoms with Gasteiger partial charge in [0.05, 0.1) is 18.1 Å². The highest BCUT2D eigenvalue weighted by molar-refractivity contribution is 5.95. The minimum Gasteiger partial charge on any atom is -0.303 e. The molecule has 3 heterocycles. The standard InChI is InChI=1S/C37H37N4/c1-23(2)28-21-27(26-13-8-7-9-14-26)22-29(24(3)4)36(28)41-31-16-11-10-15-30(31)39(6)37(41)34-25(5)18-19-32-35(34)38-33-17-12-20-40(32)33/h7-16,18-24H,17H2,1-6H3/q+1/i23D,24D. The lowest BCUT2D eigenvalue weighted by molar-refractivity contribution is -0.633. The summed E-state index contributed by atoms with van der Waals surface area (Å²) in [4.78, 5) is 5.17. The molecule has 0 N–H and O–H groups in total. The van der Waals surface area contributed by atoms with Crippen LogP contribution < -0.4 is 4.57 Å². The SMILES string of the molecule is [2H]C(C)(C)c1cc(-c2ccccc2)cc(C([2H])(C)C)c1-n1c(-c2c(C)ccc3c2nc2n3C=CC2)[n+](C)c2ccccc21. The Morgan fingerprint density at radius 3 is 2.22 bits per heavy atom. The molecule has 2 aromatic heterocycles. The number of rotatable bonds is 5. The van der Waals surface area contributed by atoms with Crippen LogP contribution in [0.5, 0.6) is 0 Å². The van der Waals surface area contributed by atoms with Crippen molar-refractivity contribution in [2.75, 3.05) is 0 Å². The first-order valence-corrected chi connectivity index (χ1v) is 14.4. The lowest BCUT2D eigenvalue weighted by Gasteiger charge is -2.21. The number of nitrogens with zero attached hydrogens (tertiary/aromatic N) is 4. The fourth-order valence-corrected chi connectivity index (χ4v) is 6.42. The predicted molar refractivity (Wildman–Crippen MR) is 171 cm³/mol. The van der Waals surface area contributed by atoms with Crippen LogP contribution >= 0.6 is 0 Å². The minimum absolute atomic E-state index is 0.817. The molecule has 0 amide bonds. The Bertz CT molecular complexity index is 2050. The summed E-state index contributed by atoms with van der Waals surface area (Å²) in [5, 5.41) is 0. The largest absolute Gasteiger partial charge is 0.303 e. The highest BCUT2D eigenvalue weighted by Gasteiger charge is 2.34. The fourth-order valence-electron chi connectivity index (χ4n) is 6.42. The van der Waals surface area contributed by atoms with Gasteiger partial charge in [-0.2, -0.15) is 4.57 Å². The summed E-state index contributed by atoms with van der Waals surface area (Å²) < 4.78 is 25.6. The Kier molecular flexibility index (Phi) is 5.44. The van der Waals surface area contributed by atoms with Crippen LogP contribution in [-0.2, 0) is 13.5 Å². The van der Waals surface area contributed by atoms with Crippen molar-refractivity contribution in [3.8, 4) is 28.2 Å². The van der Waals surface area contributed by atoms with Crippen molar-refractivity contribution in [3.05, 3.63) is 107 Å². The molecule has 4 heteroatoms. The van der Waals surface area contributed by atoms with E-state index in [1.165, 1.54) is 0 Å². The first-order valence-electron chi connectivity index (χ1n) is 15.4. The number of hydrogen-bond acceptors (Lipinski definition) is 1. The number of hydrogen-bond donors (Lipinski definition) is 0. The van der Waals surface area contributed by atoms with Crippen molar-refractivity contribution in [2.24, 2.45) is 7.05 Å². The normalized spacial score (nSPS) is 14.1. The van der Waals surface area contributed by atoms with E-state index >= 15 is 0 Å². The van der Waals surface area contributed by atoms with Crippen molar-refractivity contribution >= 4 is 28.3 Å². The second-order valence-corrected chi connectivity index (χ2v) is 11.6. The molecule has 0 unspecified atom stereocenters. The highest BCUT2D eigenvalue weighted by Crippen LogP contribution is 2.41. The van der Waals surface area contributed by atoms with Crippen LogP contribution in [0.2, 0.25) is 0 Å². The second kappa shape index (κ2) is 9.59. The second-order valence-electron chi connectivity index (χ2n) is 11.6. The number of benzene rings is 4. The van der Waals surface area contributed by atoms with E-state index in [0.717, 1.165) is 79.2 Å². The summed E-state index contributed by atoms with van der Waals surface area (Å²) in [5.74, 6) is 0.153. The summed E-state index contributed by atoms with van der Waals surface area (Å²) in [7, 11) is 2.12. The summed E-state index contributed by atoms with van der Waals surface area (Å²) in [6.07, 6.45) is 5.08. The monoisotopic (exact) mass is 539 g/mol. The first-order chi connectivity index (χ1) is 20.4. The van der Waals surface area contributed by atoms with E-state index in [1.54, 1.807) is 0 Å². The smallest absolute Gasteiger partial charge is 0.297 e. The zero-order valence-corrected chi connectivity index (χ0v) is 24.7. The number of para-hydroxylation sites is 2. The third-order valence-electron chi connectivity index (χ3n) is 8.45. The minimum atomic E-state index is -0.942. The van der Waals surface area contributed by atoms with Gasteiger partial charge in [0.2, 0.25) is 0 Å². The number of aromatic nitrogens is 4. The fraction of sp³-hybridized carbons (Fsp3) is 0.243. The van der Waals surface area contributed by atoms with Gasteiger partial charge in [-0.25, -0.2) is 9.55 Å². The molecule has 6 aromatic rings. The Morgan fingerprint density at radius 1 is 0.829 bits per heavy atom. The number of allylic oxidation sites excluding steroid dienone is 1. The van der Waals surface area contributed by atoms with Crippen molar-refractivity contribution in [1.82, 2.24) is 14.1 Å². The van der Waals surface area contributed by atoms with Crippen LogP contribution in [-0.4, -0.2) is 14.1 Å². The summed E-state index contributed by atoms with van der Waals surface area (Å²) in [6, 6.07) is 27.4. The van der Waals surface area contributed by atoms with Crippen LogP contribution in [0.3, 0.4) is 0 Å². The first kappa shape index (κ1) is 23.3. The summed E-state index contributed by atoms with van der Waals surface area (Å²) in [5.41, 5.74) is 11.1. The lowest BCUT2D eigenvalue weighted by Crippen LogP contribution is -2.30. The van der Waals surface area contributed by atoms with E-state index < -0.39 is 11.8 Å². The molecule has 0 saturated heterocycles. The van der Waals surface area contributed by atoms with Crippen LogP contribution in [0.15, 0.2) is 84.9 Å². The highest BCUT2D eigenvalue weighted by atomic mass is 15.2. The average molecular weight is 540 g/mol. The van der Waals surface area contributed by atoms with Gasteiger partial charge in [0, 0.05) is 26.5 Å². The molecule has 0 saturated carbocycles. The van der Waals surface area contributed by atoms with Crippen molar-refractivity contribution in [1.29, 1.82) is 0 Å². The van der Waals surface area contributed by atoms with E-state index in [-0.39, 0.29) is 0 Å². The molecule has 0 atom stereocenters. The topological polar surface area (TPSA) is 26.6 Å². The van der Waals surface area contributed by atoms with Crippen LogP contribution in [0.4, 0.5) is 0 Å². The van der Waals surface area contributed by atoms with Gasteiger partial charge >= 0.3 is 0 Å². The van der Waals surface area contributed by atoms with E-state index in [2.05, 4.69) is 101 Å². The molecule has 1 aliphatic heterocycles. The van der Waals surface area contributed by atoms with E-state index in [1.807, 2.05) is 45.9 Å². The Balaban J connectivity index is 1.67. The molecule has 0 bridgehead atoms. The number of fused-ring (bicyclic) bond motifs is 4. The van der Waals surface area contributed by atoms with Gasteiger partial charge < -0.3 is 4.57 Å². The maximum absolute atomic E-state index is 9.45. The molecule has 41 heavy (non-hydrogen) atoms. The van der Waals surface area contributed by atoms with Crippen molar-refractivity contribution in [2.45, 2.75) is 52.8 Å². The Labute approximate surface area is 245 Å². The maximum Gasteiger partial charge on any atom is 0.297 e. The van der Waals surface area contributed by atoms with Gasteiger partial charge in [-0.3, -0.25) is 0 Å². The number of aryl methyl sites for hydroxylation is 2. The maximum atomic E-state index is 9.45. The molecule has 0 spiro atoms. The molecular weight excluding hydrogens is 500 g/mol. The molecule has 0 radical (unpaired) electrons. The lowest BCUT2D eigenvalue weighted by atomic mass is 9.88. The zero-order chi connectivity index (χ0) is 30.3. The molecule has 1 aliphatic rings. The van der Waals surface area contributed by atoms with E-state index in [4.69, 9.17) is 4.98 Å². The average Bonchev–Trinajstić information content (AvgIpc) is 3.64. The van der Waals surface area contributed by atoms with Gasteiger partial charge in [-0.15, -0.1) is 0 Å². The third-order valence-corrected chi connectivity index (χ3v) is 8.45. The molecule has 204 valence electrons. The van der Waals surface area contributed by atoms with Gasteiger partial charge in [0.1, 0.15) is 17.0 Å². The Hall–Kier alpha value is -4.44.